The summed E-state index contributed by atoms with van der Waals surface area (Å²) in [6, 6.07) is 12.3. The van der Waals surface area contributed by atoms with E-state index in [1.165, 1.54) is 4.90 Å². The third-order valence-electron chi connectivity index (χ3n) is 4.95. The molecule has 0 fully saturated rings. The molecule has 0 radical (unpaired) electrons. The van der Waals surface area contributed by atoms with Crippen LogP contribution in [0.2, 0.25) is 0 Å². The molecular weight excluding hydrogens is 368 g/mol. The molecule has 1 heterocycles. The van der Waals surface area contributed by atoms with Crippen LogP contribution in [0, 0.1) is 0 Å². The van der Waals surface area contributed by atoms with Crippen LogP contribution < -0.4 is 4.74 Å². The van der Waals surface area contributed by atoms with Crippen LogP contribution in [0.5, 0.6) is 5.75 Å². The Balaban J connectivity index is 1.73. The number of nitrogens with zero attached hydrogens (tertiary/aromatic N) is 2. The van der Waals surface area contributed by atoms with E-state index in [0.29, 0.717) is 36.4 Å². The van der Waals surface area contributed by atoms with E-state index >= 15 is 0 Å². The van der Waals surface area contributed by atoms with Gasteiger partial charge in [0.2, 0.25) is 0 Å². The topological polar surface area (TPSA) is 66.9 Å². The lowest BCUT2D eigenvalue weighted by Gasteiger charge is -2.18. The predicted octanol–water partition coefficient (Wildman–Crippen LogP) is 3.75. The first-order valence-corrected chi connectivity index (χ1v) is 9.93. The molecule has 3 rings (SSSR count). The van der Waals surface area contributed by atoms with Gasteiger partial charge in [0.1, 0.15) is 5.75 Å². The highest BCUT2D eigenvalue weighted by atomic mass is 16.5. The second-order valence-electron chi connectivity index (χ2n) is 7.11. The van der Waals surface area contributed by atoms with Gasteiger partial charge in [-0.25, -0.2) is 0 Å². The molecule has 0 saturated carbocycles. The molecule has 1 aliphatic rings. The smallest absolute Gasteiger partial charge is 0.261 e. The van der Waals surface area contributed by atoms with Crippen molar-refractivity contribution in [3.63, 3.8) is 0 Å². The fourth-order valence-corrected chi connectivity index (χ4v) is 3.37. The minimum atomic E-state index is -0.317. The molecule has 1 aliphatic heterocycles. The van der Waals surface area contributed by atoms with E-state index in [1.807, 2.05) is 38.1 Å². The number of ether oxygens (including phenoxy) is 1. The van der Waals surface area contributed by atoms with Crippen molar-refractivity contribution in [2.24, 2.45) is 0 Å². The molecule has 3 amide bonds. The molecule has 0 spiro atoms. The largest absolute Gasteiger partial charge is 0.494 e. The third kappa shape index (κ3) is 4.31. The molecule has 6 nitrogen and oxygen atoms in total. The Hall–Kier alpha value is -3.15. The van der Waals surface area contributed by atoms with Crippen LogP contribution in [-0.4, -0.2) is 47.7 Å². The number of hydrogen-bond donors (Lipinski definition) is 0. The maximum atomic E-state index is 12.9. The summed E-state index contributed by atoms with van der Waals surface area (Å²) in [7, 11) is 1.71. The van der Waals surface area contributed by atoms with Crippen LogP contribution in [-0.2, 0) is 6.54 Å². The zero-order chi connectivity index (χ0) is 21.0. The number of carbonyl (C=O) groups excluding carboxylic acids is 3. The average Bonchev–Trinajstić information content (AvgIpc) is 2.97. The number of benzene rings is 2. The Morgan fingerprint density at radius 2 is 1.69 bits per heavy atom. The summed E-state index contributed by atoms with van der Waals surface area (Å²) in [5, 5.41) is 0. The van der Waals surface area contributed by atoms with Crippen molar-refractivity contribution in [3.05, 3.63) is 64.7 Å². The summed E-state index contributed by atoms with van der Waals surface area (Å²) in [4.78, 5) is 40.8. The fraction of sp³-hybridized carbons (Fsp3) is 0.348. The predicted molar refractivity (Wildman–Crippen MR) is 110 cm³/mol. The molecule has 2 aromatic rings. The summed E-state index contributed by atoms with van der Waals surface area (Å²) < 4.78 is 5.43. The highest BCUT2D eigenvalue weighted by Gasteiger charge is 2.35. The van der Waals surface area contributed by atoms with Crippen molar-refractivity contribution >= 4 is 17.7 Å². The molecule has 6 heteroatoms. The second-order valence-corrected chi connectivity index (χ2v) is 7.11. The zero-order valence-corrected chi connectivity index (χ0v) is 17.1. The molecule has 0 unspecified atom stereocenters. The number of rotatable bonds is 8. The lowest BCUT2D eigenvalue weighted by Crippen LogP contribution is -2.30. The van der Waals surface area contributed by atoms with Crippen molar-refractivity contribution in [2.45, 2.75) is 33.2 Å². The van der Waals surface area contributed by atoms with Gasteiger partial charge in [0, 0.05) is 25.7 Å². The van der Waals surface area contributed by atoms with Gasteiger partial charge in [-0.2, -0.15) is 0 Å². The molecule has 0 bridgehead atoms. The average molecular weight is 394 g/mol. The number of unbranched alkanes of at least 4 members (excludes halogenated alkanes) is 1. The maximum absolute atomic E-state index is 12.9. The van der Waals surface area contributed by atoms with Crippen LogP contribution in [0.3, 0.4) is 0 Å². The molecule has 152 valence electrons. The highest BCUT2D eigenvalue weighted by molar-refractivity contribution is 6.22. The molecule has 0 N–H and O–H groups in total. The number of hydrogen-bond acceptors (Lipinski definition) is 4. The van der Waals surface area contributed by atoms with E-state index < -0.39 is 0 Å². The van der Waals surface area contributed by atoms with Gasteiger partial charge in [-0.3, -0.25) is 19.3 Å². The first-order valence-electron chi connectivity index (χ1n) is 9.93. The van der Waals surface area contributed by atoms with E-state index in [4.69, 9.17) is 4.74 Å². The van der Waals surface area contributed by atoms with Gasteiger partial charge < -0.3 is 9.64 Å². The first-order chi connectivity index (χ1) is 14.0. The lowest BCUT2D eigenvalue weighted by atomic mass is 10.0. The number of carbonyl (C=O) groups is 3. The van der Waals surface area contributed by atoms with Gasteiger partial charge >= 0.3 is 0 Å². The first kappa shape index (κ1) is 20.6. The maximum Gasteiger partial charge on any atom is 0.261 e. The normalized spacial score (nSPS) is 12.9. The molecular formula is C23H26N2O4. The van der Waals surface area contributed by atoms with Gasteiger partial charge in [-0.05, 0) is 49.2 Å². The van der Waals surface area contributed by atoms with Crippen LogP contribution in [0.15, 0.2) is 42.5 Å². The summed E-state index contributed by atoms with van der Waals surface area (Å²) in [5.74, 6) is -0.00365. The van der Waals surface area contributed by atoms with Crippen LogP contribution in [0.1, 0.15) is 63.3 Å². The molecule has 0 aromatic heterocycles. The minimum absolute atomic E-state index is 0.200. The van der Waals surface area contributed by atoms with E-state index in [9.17, 15) is 14.4 Å². The Morgan fingerprint density at radius 3 is 2.34 bits per heavy atom. The molecule has 0 atom stereocenters. The van der Waals surface area contributed by atoms with E-state index in [1.54, 1.807) is 30.1 Å². The summed E-state index contributed by atoms with van der Waals surface area (Å²) in [6.07, 6.45) is 1.66. The standard InChI is InChI=1S/C23H26N2O4/c1-4-6-13-25-22(27)19-12-9-17(14-20(19)23(25)28)21(26)24(3)15-16-7-10-18(11-8-16)29-5-2/h7-12,14H,4-6,13,15H2,1-3H3. The van der Waals surface area contributed by atoms with Gasteiger partial charge in [-0.15, -0.1) is 0 Å². The van der Waals surface area contributed by atoms with E-state index in [2.05, 4.69) is 0 Å². The van der Waals surface area contributed by atoms with Crippen molar-refractivity contribution in [2.75, 3.05) is 20.2 Å². The van der Waals surface area contributed by atoms with Gasteiger partial charge in [0.05, 0.1) is 17.7 Å². The van der Waals surface area contributed by atoms with Crippen molar-refractivity contribution in [1.82, 2.24) is 9.80 Å². The Bertz CT molecular complexity index is 921. The van der Waals surface area contributed by atoms with E-state index in [0.717, 1.165) is 24.2 Å². The third-order valence-corrected chi connectivity index (χ3v) is 4.95. The summed E-state index contributed by atoms with van der Waals surface area (Å²) in [5.41, 5.74) is 2.06. The van der Waals surface area contributed by atoms with Crippen molar-refractivity contribution in [1.29, 1.82) is 0 Å². The summed E-state index contributed by atoms with van der Waals surface area (Å²) in [6.45, 7) is 5.38. The van der Waals surface area contributed by atoms with Gasteiger partial charge in [0.15, 0.2) is 0 Å². The molecule has 29 heavy (non-hydrogen) atoms. The van der Waals surface area contributed by atoms with Gasteiger partial charge in [-0.1, -0.05) is 25.5 Å². The van der Waals surface area contributed by atoms with Gasteiger partial charge in [0.25, 0.3) is 17.7 Å². The molecule has 0 aliphatic carbocycles. The van der Waals surface area contributed by atoms with Crippen molar-refractivity contribution in [3.8, 4) is 5.75 Å². The zero-order valence-electron chi connectivity index (χ0n) is 17.1. The Morgan fingerprint density at radius 1 is 1.00 bits per heavy atom. The quantitative estimate of drug-likeness (QED) is 0.640. The number of imide groups is 1. The van der Waals surface area contributed by atoms with Crippen molar-refractivity contribution < 1.29 is 19.1 Å². The number of amides is 3. The highest BCUT2D eigenvalue weighted by Crippen LogP contribution is 2.25. The lowest BCUT2D eigenvalue weighted by molar-refractivity contribution is 0.0652. The van der Waals surface area contributed by atoms with E-state index in [-0.39, 0.29) is 17.7 Å². The fourth-order valence-electron chi connectivity index (χ4n) is 3.37. The SMILES string of the molecule is CCCCN1C(=O)c2ccc(C(=O)N(C)Cc3ccc(OCC)cc3)cc2C1=O. The monoisotopic (exact) mass is 394 g/mol. The van der Waals surface area contributed by atoms with Crippen LogP contribution >= 0.6 is 0 Å². The molecule has 2 aromatic carbocycles. The van der Waals surface area contributed by atoms with Crippen LogP contribution in [0.25, 0.3) is 0 Å². The molecule has 0 saturated heterocycles. The number of fused-ring (bicyclic) bond motifs is 1. The van der Waals surface area contributed by atoms with Crippen LogP contribution in [0.4, 0.5) is 0 Å². The Labute approximate surface area is 171 Å². The summed E-state index contributed by atoms with van der Waals surface area (Å²) >= 11 is 0. The second kappa shape index (κ2) is 8.90. The Kier molecular flexibility index (Phi) is 6.32. The minimum Gasteiger partial charge on any atom is -0.494 e.